The Hall–Kier alpha value is -3.38. The van der Waals surface area contributed by atoms with Crippen molar-refractivity contribution in [2.75, 3.05) is 5.32 Å². The molecule has 1 atom stereocenters. The average molecular weight is 421 g/mol. The van der Waals surface area contributed by atoms with Gasteiger partial charge >= 0.3 is 0 Å². The monoisotopic (exact) mass is 420 g/mol. The van der Waals surface area contributed by atoms with Crippen LogP contribution in [-0.4, -0.2) is 20.3 Å². The first-order valence-electron chi connectivity index (χ1n) is 9.57. The maximum atomic E-state index is 13.2. The van der Waals surface area contributed by atoms with Gasteiger partial charge in [0.15, 0.2) is 0 Å². The Morgan fingerprint density at radius 1 is 1.10 bits per heavy atom. The number of nitrogens with zero attached hydrogens (tertiary/aromatic N) is 3. The van der Waals surface area contributed by atoms with Gasteiger partial charge in [0.2, 0.25) is 5.91 Å². The predicted octanol–water partition coefficient (Wildman–Crippen LogP) is 4.56. The van der Waals surface area contributed by atoms with Crippen molar-refractivity contribution in [3.63, 3.8) is 0 Å². The van der Waals surface area contributed by atoms with E-state index in [1.54, 1.807) is 49.0 Å². The van der Waals surface area contributed by atoms with Crippen molar-refractivity contribution in [3.8, 4) is 11.1 Å². The highest BCUT2D eigenvalue weighted by Gasteiger charge is 2.24. The number of aryl methyl sites for hydroxylation is 2. The van der Waals surface area contributed by atoms with Crippen LogP contribution in [0.5, 0.6) is 0 Å². The van der Waals surface area contributed by atoms with E-state index in [4.69, 9.17) is 11.6 Å². The number of carbonyl (C=O) groups excluding carboxylic acids is 1. The molecule has 0 saturated heterocycles. The molecule has 6 nitrogen and oxygen atoms in total. The third-order valence-corrected chi connectivity index (χ3v) is 5.41. The van der Waals surface area contributed by atoms with E-state index in [0.717, 1.165) is 22.2 Å². The van der Waals surface area contributed by atoms with Crippen LogP contribution in [0.15, 0.2) is 65.5 Å². The molecule has 0 spiro atoms. The van der Waals surface area contributed by atoms with Crippen molar-refractivity contribution >= 4 is 34.2 Å². The van der Waals surface area contributed by atoms with Crippen LogP contribution in [0.4, 0.5) is 5.69 Å². The van der Waals surface area contributed by atoms with Gasteiger partial charge in [0.1, 0.15) is 11.7 Å². The lowest BCUT2D eigenvalue weighted by molar-refractivity contribution is -0.118. The molecular formula is C23H21ClN4O2. The average Bonchev–Trinajstić information content (AvgIpc) is 3.03. The second kappa shape index (κ2) is 7.80. The zero-order valence-corrected chi connectivity index (χ0v) is 17.6. The van der Waals surface area contributed by atoms with Crippen LogP contribution in [0.3, 0.4) is 0 Å². The number of pyridine rings is 1. The first-order valence-corrected chi connectivity index (χ1v) is 9.95. The molecule has 0 aliphatic heterocycles. The summed E-state index contributed by atoms with van der Waals surface area (Å²) in [4.78, 5) is 26.1. The van der Waals surface area contributed by atoms with E-state index >= 15 is 0 Å². The minimum absolute atomic E-state index is 0.261. The lowest BCUT2D eigenvalue weighted by Gasteiger charge is -2.18. The predicted molar refractivity (Wildman–Crippen MR) is 120 cm³/mol. The Morgan fingerprint density at radius 2 is 1.77 bits per heavy atom. The number of rotatable bonds is 4. The molecule has 2 heterocycles. The number of hydrogen-bond acceptors (Lipinski definition) is 3. The largest absolute Gasteiger partial charge is 0.324 e. The summed E-state index contributed by atoms with van der Waals surface area (Å²) in [6, 6.07) is 17.4. The van der Waals surface area contributed by atoms with Crippen LogP contribution in [0.25, 0.3) is 22.2 Å². The highest BCUT2D eigenvalue weighted by Crippen LogP contribution is 2.30. The Morgan fingerprint density at radius 3 is 2.43 bits per heavy atom. The van der Waals surface area contributed by atoms with Gasteiger partial charge in [-0.1, -0.05) is 41.9 Å². The number of fused-ring (bicyclic) bond motifs is 1. The molecule has 4 aromatic rings. The van der Waals surface area contributed by atoms with Gasteiger partial charge in [-0.25, -0.2) is 0 Å². The summed E-state index contributed by atoms with van der Waals surface area (Å²) in [5, 5.41) is 8.81. The summed E-state index contributed by atoms with van der Waals surface area (Å²) in [6.45, 7) is 3.61. The van der Waals surface area contributed by atoms with Crippen LogP contribution in [0, 0.1) is 6.92 Å². The molecule has 2 aromatic carbocycles. The number of halogens is 1. The Kier molecular flexibility index (Phi) is 5.18. The summed E-state index contributed by atoms with van der Waals surface area (Å²) in [5.74, 6) is -0.299. The highest BCUT2D eigenvalue weighted by atomic mass is 35.5. The lowest BCUT2D eigenvalue weighted by atomic mass is 10.0. The van der Waals surface area contributed by atoms with E-state index in [0.29, 0.717) is 16.4 Å². The lowest BCUT2D eigenvalue weighted by Crippen LogP contribution is -2.32. The molecule has 0 aliphatic rings. The SMILES string of the molecule is Cc1nn(C)c2c1c(-c1ccccc1)cc(=O)n2C(C)C(=O)Nc1ccc(Cl)cc1. The Labute approximate surface area is 178 Å². The molecular weight excluding hydrogens is 400 g/mol. The number of hydrogen-bond donors (Lipinski definition) is 1. The maximum absolute atomic E-state index is 13.2. The number of benzene rings is 2. The number of aromatic nitrogens is 3. The smallest absolute Gasteiger partial charge is 0.253 e. The zero-order valence-electron chi connectivity index (χ0n) is 16.9. The van der Waals surface area contributed by atoms with Crippen LogP contribution in [-0.2, 0) is 11.8 Å². The Bertz CT molecular complexity index is 1290. The van der Waals surface area contributed by atoms with Gasteiger partial charge < -0.3 is 5.32 Å². The van der Waals surface area contributed by atoms with E-state index in [1.165, 1.54) is 4.57 Å². The normalized spacial score (nSPS) is 12.1. The minimum atomic E-state index is -0.740. The van der Waals surface area contributed by atoms with E-state index in [2.05, 4.69) is 10.4 Å². The summed E-state index contributed by atoms with van der Waals surface area (Å²) in [7, 11) is 1.78. The number of carbonyl (C=O) groups is 1. The van der Waals surface area contributed by atoms with E-state index in [-0.39, 0.29) is 11.5 Å². The molecule has 1 amide bonds. The second-order valence-corrected chi connectivity index (χ2v) is 7.65. The van der Waals surface area contributed by atoms with E-state index in [9.17, 15) is 9.59 Å². The third kappa shape index (κ3) is 3.50. The first-order chi connectivity index (χ1) is 14.4. The molecule has 0 bridgehead atoms. The molecule has 0 aliphatic carbocycles. The molecule has 0 fully saturated rings. The van der Waals surface area contributed by atoms with Crippen LogP contribution in [0.1, 0.15) is 18.7 Å². The van der Waals surface area contributed by atoms with Crippen molar-refractivity contribution < 1.29 is 4.79 Å². The fourth-order valence-electron chi connectivity index (χ4n) is 3.72. The van der Waals surface area contributed by atoms with Gasteiger partial charge in [0.05, 0.1) is 5.69 Å². The van der Waals surface area contributed by atoms with Gasteiger partial charge in [0, 0.05) is 29.2 Å². The molecule has 7 heteroatoms. The van der Waals surface area contributed by atoms with Gasteiger partial charge in [-0.3, -0.25) is 18.8 Å². The van der Waals surface area contributed by atoms with E-state index in [1.807, 2.05) is 37.3 Å². The summed E-state index contributed by atoms with van der Waals surface area (Å²) >= 11 is 5.91. The molecule has 1 unspecified atom stereocenters. The maximum Gasteiger partial charge on any atom is 0.253 e. The summed E-state index contributed by atoms with van der Waals surface area (Å²) in [5.41, 5.74) is 3.50. The zero-order chi connectivity index (χ0) is 21.4. The van der Waals surface area contributed by atoms with Crippen molar-refractivity contribution in [2.45, 2.75) is 19.9 Å². The summed E-state index contributed by atoms with van der Waals surface area (Å²) in [6.07, 6.45) is 0. The fraction of sp³-hybridized carbons (Fsp3) is 0.174. The minimum Gasteiger partial charge on any atom is -0.324 e. The molecule has 152 valence electrons. The first kappa shape index (κ1) is 19.9. The second-order valence-electron chi connectivity index (χ2n) is 7.21. The van der Waals surface area contributed by atoms with Gasteiger partial charge in [-0.2, -0.15) is 5.10 Å². The van der Waals surface area contributed by atoms with Crippen molar-refractivity contribution in [3.05, 3.63) is 81.7 Å². The number of nitrogens with one attached hydrogen (secondary N) is 1. The number of anilines is 1. The molecule has 0 saturated carbocycles. The standard InChI is InChI=1S/C23H21ClN4O2/c1-14-21-19(16-7-5-4-6-8-16)13-20(29)28(23(21)27(3)26-14)15(2)22(30)25-18-11-9-17(24)10-12-18/h4-13,15H,1-3H3,(H,25,30). The third-order valence-electron chi connectivity index (χ3n) is 5.16. The van der Waals surface area contributed by atoms with Gasteiger partial charge in [-0.05, 0) is 49.2 Å². The van der Waals surface area contributed by atoms with Crippen LogP contribution in [0.2, 0.25) is 5.02 Å². The van der Waals surface area contributed by atoms with Crippen molar-refractivity contribution in [1.29, 1.82) is 0 Å². The molecule has 0 radical (unpaired) electrons. The van der Waals surface area contributed by atoms with Gasteiger partial charge in [0.25, 0.3) is 5.56 Å². The Balaban J connectivity index is 1.83. The van der Waals surface area contributed by atoms with Crippen LogP contribution < -0.4 is 10.9 Å². The topological polar surface area (TPSA) is 68.9 Å². The molecule has 4 rings (SSSR count). The van der Waals surface area contributed by atoms with Crippen LogP contribution >= 0.6 is 11.6 Å². The summed E-state index contributed by atoms with van der Waals surface area (Å²) < 4.78 is 3.15. The van der Waals surface area contributed by atoms with Gasteiger partial charge in [-0.15, -0.1) is 0 Å². The quantitative estimate of drug-likeness (QED) is 0.526. The molecule has 2 aromatic heterocycles. The fourth-order valence-corrected chi connectivity index (χ4v) is 3.85. The molecule has 30 heavy (non-hydrogen) atoms. The highest BCUT2D eigenvalue weighted by molar-refractivity contribution is 6.30. The van der Waals surface area contributed by atoms with Crippen molar-refractivity contribution in [2.24, 2.45) is 7.05 Å². The molecule has 1 N–H and O–H groups in total. The van der Waals surface area contributed by atoms with Crippen molar-refractivity contribution in [1.82, 2.24) is 14.3 Å². The number of amides is 1. The van der Waals surface area contributed by atoms with E-state index < -0.39 is 6.04 Å².